The van der Waals surface area contributed by atoms with Gasteiger partial charge in [-0.2, -0.15) is 5.26 Å². The zero-order valence-corrected chi connectivity index (χ0v) is 16.3. The van der Waals surface area contributed by atoms with Crippen LogP contribution in [-0.4, -0.2) is 47.0 Å². The lowest BCUT2D eigenvalue weighted by Gasteiger charge is -2.35. The summed E-state index contributed by atoms with van der Waals surface area (Å²) in [5.74, 6) is 0.676. The van der Waals surface area contributed by atoms with Crippen LogP contribution in [0.4, 0.5) is 5.82 Å². The maximum Gasteiger partial charge on any atom is 0.256 e. The standard InChI is InChI=1S/C24H19N5O/c25-16-18-6-3-10-27-23(18)28-11-13-29(14-12-28)24(30)21-15-17-5-1-2-7-19(17)20-8-4-9-26-22(20)21/h1-10,15H,11-14H2. The molecule has 0 spiro atoms. The topological polar surface area (TPSA) is 73.1 Å². The second-order valence-electron chi connectivity index (χ2n) is 7.31. The summed E-state index contributed by atoms with van der Waals surface area (Å²) in [6.45, 7) is 2.41. The third-order valence-electron chi connectivity index (χ3n) is 5.62. The van der Waals surface area contributed by atoms with Crippen molar-refractivity contribution in [3.63, 3.8) is 0 Å². The van der Waals surface area contributed by atoms with E-state index >= 15 is 0 Å². The molecule has 1 aliphatic rings. The first-order chi connectivity index (χ1) is 14.8. The average molecular weight is 393 g/mol. The van der Waals surface area contributed by atoms with E-state index in [0.717, 1.165) is 21.7 Å². The number of hydrogen-bond donors (Lipinski definition) is 0. The lowest BCUT2D eigenvalue weighted by molar-refractivity contribution is 0.0748. The summed E-state index contributed by atoms with van der Waals surface area (Å²) < 4.78 is 0. The summed E-state index contributed by atoms with van der Waals surface area (Å²) in [5.41, 5.74) is 1.93. The van der Waals surface area contributed by atoms with Gasteiger partial charge in [0.1, 0.15) is 11.9 Å². The van der Waals surface area contributed by atoms with Crippen LogP contribution in [0, 0.1) is 11.3 Å². The van der Waals surface area contributed by atoms with Gasteiger partial charge >= 0.3 is 0 Å². The van der Waals surface area contributed by atoms with Crippen molar-refractivity contribution < 1.29 is 4.79 Å². The molecule has 6 heteroatoms. The molecule has 0 unspecified atom stereocenters. The van der Waals surface area contributed by atoms with E-state index in [9.17, 15) is 10.1 Å². The number of piperazine rings is 1. The SMILES string of the molecule is N#Cc1cccnc1N1CCN(C(=O)c2cc3ccccc3c3cccnc23)CC1. The molecule has 0 saturated carbocycles. The number of fused-ring (bicyclic) bond motifs is 3. The number of pyridine rings is 2. The van der Waals surface area contributed by atoms with Crippen molar-refractivity contribution in [1.29, 1.82) is 5.26 Å². The third-order valence-corrected chi connectivity index (χ3v) is 5.62. The fourth-order valence-corrected chi connectivity index (χ4v) is 4.12. The van der Waals surface area contributed by atoms with Crippen LogP contribution >= 0.6 is 0 Å². The number of amides is 1. The van der Waals surface area contributed by atoms with Gasteiger partial charge in [-0.25, -0.2) is 4.98 Å². The van der Waals surface area contributed by atoms with Crippen molar-refractivity contribution in [3.05, 3.63) is 78.1 Å². The molecule has 1 aliphatic heterocycles. The van der Waals surface area contributed by atoms with Crippen LogP contribution < -0.4 is 4.90 Å². The Bertz CT molecular complexity index is 1300. The van der Waals surface area contributed by atoms with Crippen molar-refractivity contribution in [3.8, 4) is 6.07 Å². The number of nitriles is 1. The number of nitrogens with zero attached hydrogens (tertiary/aromatic N) is 5. The van der Waals surface area contributed by atoms with E-state index < -0.39 is 0 Å². The molecule has 1 fully saturated rings. The zero-order valence-electron chi connectivity index (χ0n) is 16.3. The van der Waals surface area contributed by atoms with E-state index in [0.29, 0.717) is 43.1 Å². The van der Waals surface area contributed by atoms with Crippen molar-refractivity contribution in [1.82, 2.24) is 14.9 Å². The van der Waals surface area contributed by atoms with E-state index in [1.807, 2.05) is 41.3 Å². The summed E-state index contributed by atoms with van der Waals surface area (Å²) in [7, 11) is 0. The van der Waals surface area contributed by atoms with Gasteiger partial charge in [0.25, 0.3) is 5.91 Å². The van der Waals surface area contributed by atoms with Gasteiger partial charge in [-0.15, -0.1) is 0 Å². The minimum absolute atomic E-state index is 0.00868. The van der Waals surface area contributed by atoms with E-state index in [1.165, 1.54) is 0 Å². The van der Waals surface area contributed by atoms with Gasteiger partial charge < -0.3 is 9.80 Å². The molecule has 2 aromatic heterocycles. The highest BCUT2D eigenvalue weighted by atomic mass is 16.2. The Morgan fingerprint density at radius 3 is 2.47 bits per heavy atom. The molecule has 0 atom stereocenters. The fourth-order valence-electron chi connectivity index (χ4n) is 4.12. The summed E-state index contributed by atoms with van der Waals surface area (Å²) >= 11 is 0. The lowest BCUT2D eigenvalue weighted by Crippen LogP contribution is -2.49. The Labute approximate surface area is 174 Å². The maximum atomic E-state index is 13.4. The van der Waals surface area contributed by atoms with Crippen LogP contribution in [0.3, 0.4) is 0 Å². The first-order valence-electron chi connectivity index (χ1n) is 9.92. The molecule has 146 valence electrons. The van der Waals surface area contributed by atoms with Gasteiger partial charge in [0.15, 0.2) is 0 Å². The molecule has 30 heavy (non-hydrogen) atoms. The molecule has 0 aliphatic carbocycles. The monoisotopic (exact) mass is 393 g/mol. The normalized spacial score (nSPS) is 14.1. The molecule has 1 amide bonds. The van der Waals surface area contributed by atoms with Crippen LogP contribution in [0.1, 0.15) is 15.9 Å². The predicted molar refractivity (Wildman–Crippen MR) is 116 cm³/mol. The predicted octanol–water partition coefficient (Wildman–Crippen LogP) is 3.62. The lowest BCUT2D eigenvalue weighted by atomic mass is 10.00. The van der Waals surface area contributed by atoms with Gasteiger partial charge in [-0.3, -0.25) is 9.78 Å². The zero-order chi connectivity index (χ0) is 20.5. The van der Waals surface area contributed by atoms with Crippen molar-refractivity contribution >= 4 is 33.4 Å². The number of rotatable bonds is 2. The minimum Gasteiger partial charge on any atom is -0.352 e. The van der Waals surface area contributed by atoms with Gasteiger partial charge in [0, 0.05) is 44.0 Å². The molecular formula is C24H19N5O. The molecule has 0 bridgehead atoms. The van der Waals surface area contributed by atoms with Crippen molar-refractivity contribution in [2.24, 2.45) is 0 Å². The highest BCUT2D eigenvalue weighted by Crippen LogP contribution is 2.28. The quantitative estimate of drug-likeness (QED) is 0.487. The summed E-state index contributed by atoms with van der Waals surface area (Å²) in [6, 6.07) is 19.7. The average Bonchev–Trinajstić information content (AvgIpc) is 2.83. The van der Waals surface area contributed by atoms with Crippen molar-refractivity contribution in [2.75, 3.05) is 31.1 Å². The van der Waals surface area contributed by atoms with E-state index in [1.54, 1.807) is 24.5 Å². The van der Waals surface area contributed by atoms with Crippen LogP contribution in [0.2, 0.25) is 0 Å². The molecule has 1 saturated heterocycles. The second kappa shape index (κ2) is 7.45. The van der Waals surface area contributed by atoms with Crippen LogP contribution in [0.15, 0.2) is 67.0 Å². The van der Waals surface area contributed by atoms with Gasteiger partial charge in [0.2, 0.25) is 0 Å². The smallest absolute Gasteiger partial charge is 0.256 e. The largest absolute Gasteiger partial charge is 0.352 e. The number of benzene rings is 2. The minimum atomic E-state index is -0.00868. The molecule has 5 rings (SSSR count). The molecule has 0 N–H and O–H groups in total. The summed E-state index contributed by atoms with van der Waals surface area (Å²) in [4.78, 5) is 26.3. The number of hydrogen-bond acceptors (Lipinski definition) is 5. The van der Waals surface area contributed by atoms with Crippen LogP contribution in [0.5, 0.6) is 0 Å². The van der Waals surface area contributed by atoms with Gasteiger partial charge in [0.05, 0.1) is 16.6 Å². The maximum absolute atomic E-state index is 13.4. The second-order valence-corrected chi connectivity index (χ2v) is 7.31. The van der Waals surface area contributed by atoms with Gasteiger partial charge in [-0.1, -0.05) is 30.3 Å². The highest BCUT2D eigenvalue weighted by Gasteiger charge is 2.26. The van der Waals surface area contributed by atoms with E-state index in [2.05, 4.69) is 27.0 Å². The van der Waals surface area contributed by atoms with Crippen molar-refractivity contribution in [2.45, 2.75) is 0 Å². The molecule has 6 nitrogen and oxygen atoms in total. The summed E-state index contributed by atoms with van der Waals surface area (Å²) in [5, 5.41) is 12.5. The Hall–Kier alpha value is -3.98. The van der Waals surface area contributed by atoms with Gasteiger partial charge in [-0.05, 0) is 35.0 Å². The number of aromatic nitrogens is 2. The molecule has 4 aromatic rings. The van der Waals surface area contributed by atoms with Crippen LogP contribution in [0.25, 0.3) is 21.7 Å². The number of anilines is 1. The Morgan fingerprint density at radius 1 is 0.900 bits per heavy atom. The fraction of sp³-hybridized carbons (Fsp3) is 0.167. The Kier molecular flexibility index (Phi) is 4.49. The first-order valence-corrected chi connectivity index (χ1v) is 9.92. The first kappa shape index (κ1) is 18.1. The van der Waals surface area contributed by atoms with E-state index in [-0.39, 0.29) is 5.91 Å². The Balaban J connectivity index is 1.45. The van der Waals surface area contributed by atoms with E-state index in [4.69, 9.17) is 0 Å². The molecule has 2 aromatic carbocycles. The third kappa shape index (κ3) is 3.01. The number of carbonyl (C=O) groups is 1. The molecular weight excluding hydrogens is 374 g/mol. The van der Waals surface area contributed by atoms with Crippen LogP contribution in [-0.2, 0) is 0 Å². The molecule has 3 heterocycles. The summed E-state index contributed by atoms with van der Waals surface area (Å²) in [6.07, 6.45) is 3.43. The highest BCUT2D eigenvalue weighted by molar-refractivity contribution is 6.15. The molecule has 0 radical (unpaired) electrons. The number of carbonyl (C=O) groups excluding carboxylic acids is 1. The Morgan fingerprint density at radius 2 is 1.63 bits per heavy atom.